The average Bonchev–Trinajstić information content (AvgIpc) is 3.21. The first-order chi connectivity index (χ1) is 19.3. The highest BCUT2D eigenvalue weighted by atomic mass is 35.5. The lowest BCUT2D eigenvalue weighted by molar-refractivity contribution is -0.144. The molecular formula is C31H32ClN3O5. The number of rotatable bonds is 6. The van der Waals surface area contributed by atoms with Crippen LogP contribution in [0, 0.1) is 11.8 Å². The van der Waals surface area contributed by atoms with Gasteiger partial charge in [0.1, 0.15) is 11.6 Å². The maximum Gasteiger partial charge on any atom is 0.253 e. The zero-order chi connectivity index (χ0) is 28.1. The van der Waals surface area contributed by atoms with Crippen molar-refractivity contribution >= 4 is 40.7 Å². The van der Waals surface area contributed by atoms with Crippen LogP contribution in [-0.4, -0.2) is 71.2 Å². The summed E-state index contributed by atoms with van der Waals surface area (Å²) >= 11 is 6.51. The van der Waals surface area contributed by atoms with Crippen molar-refractivity contribution in [3.05, 3.63) is 83.9 Å². The number of para-hydroxylation sites is 2. The lowest BCUT2D eigenvalue weighted by Crippen LogP contribution is -2.56. The topological polar surface area (TPSA) is 90.4 Å². The van der Waals surface area contributed by atoms with Crippen molar-refractivity contribution in [2.24, 2.45) is 11.8 Å². The Hall–Kier alpha value is -3.46. The Morgan fingerprint density at radius 1 is 0.875 bits per heavy atom. The van der Waals surface area contributed by atoms with Gasteiger partial charge in [-0.05, 0) is 44.0 Å². The summed E-state index contributed by atoms with van der Waals surface area (Å²) in [6.07, 6.45) is 8.44. The van der Waals surface area contributed by atoms with Crippen molar-refractivity contribution in [2.45, 2.75) is 37.0 Å². The van der Waals surface area contributed by atoms with Crippen molar-refractivity contribution in [3.63, 3.8) is 0 Å². The number of unbranched alkanes of at least 4 members (excludes halogenated alkanes) is 1. The molecule has 2 saturated heterocycles. The van der Waals surface area contributed by atoms with E-state index in [4.69, 9.17) is 16.3 Å². The Labute approximate surface area is 238 Å². The number of carbonyl (C=O) groups is 3. The van der Waals surface area contributed by atoms with Crippen molar-refractivity contribution in [3.8, 4) is 0 Å². The molecule has 2 aromatic rings. The lowest BCUT2D eigenvalue weighted by Gasteiger charge is -2.37. The molecule has 2 fully saturated rings. The molecule has 0 aromatic heterocycles. The summed E-state index contributed by atoms with van der Waals surface area (Å²) in [6.45, 7) is 2.68. The van der Waals surface area contributed by atoms with Crippen LogP contribution >= 0.6 is 11.6 Å². The second kappa shape index (κ2) is 10.2. The van der Waals surface area contributed by atoms with E-state index in [1.807, 2.05) is 67.6 Å². The number of fused-ring (bicyclic) bond motifs is 2. The SMILES string of the molecule is C[C@@]12C=CCN(c3ccccc3)C(=O)[C@@H]1[C@H]1C(=O)N(CCCCO)C3C(=O)N(c4ccccc4Cl)CC=C[C@@]31O2. The molecule has 2 aromatic carbocycles. The molecule has 0 aliphatic carbocycles. The summed E-state index contributed by atoms with van der Waals surface area (Å²) in [5, 5.41) is 9.85. The largest absolute Gasteiger partial charge is 0.396 e. The molecule has 1 N–H and O–H groups in total. The lowest BCUT2D eigenvalue weighted by atomic mass is 9.74. The third-order valence-corrected chi connectivity index (χ3v) is 8.89. The van der Waals surface area contributed by atoms with Gasteiger partial charge in [-0.1, -0.05) is 66.2 Å². The Morgan fingerprint density at radius 2 is 1.57 bits per heavy atom. The van der Waals surface area contributed by atoms with Crippen molar-refractivity contribution in [2.75, 3.05) is 36.0 Å². The first-order valence-electron chi connectivity index (χ1n) is 13.7. The highest BCUT2D eigenvalue weighted by Gasteiger charge is 2.74. The number of amides is 3. The molecule has 1 spiro atoms. The van der Waals surface area contributed by atoms with Crippen LogP contribution < -0.4 is 9.80 Å². The minimum absolute atomic E-state index is 0.0205. The Morgan fingerprint density at radius 3 is 2.33 bits per heavy atom. The average molecular weight is 562 g/mol. The van der Waals surface area contributed by atoms with Gasteiger partial charge in [0.15, 0.2) is 0 Å². The van der Waals surface area contributed by atoms with E-state index in [0.29, 0.717) is 30.1 Å². The van der Waals surface area contributed by atoms with Crippen molar-refractivity contribution in [1.29, 1.82) is 0 Å². The monoisotopic (exact) mass is 561 g/mol. The van der Waals surface area contributed by atoms with Crippen LogP contribution in [0.15, 0.2) is 78.9 Å². The molecule has 0 bridgehead atoms. The summed E-state index contributed by atoms with van der Waals surface area (Å²) < 4.78 is 6.86. The second-order valence-corrected chi connectivity index (χ2v) is 11.4. The highest BCUT2D eigenvalue weighted by Crippen LogP contribution is 2.57. The molecule has 4 aliphatic heterocycles. The molecular weight excluding hydrogens is 530 g/mol. The molecule has 0 saturated carbocycles. The summed E-state index contributed by atoms with van der Waals surface area (Å²) in [5.41, 5.74) is -1.16. The molecule has 0 radical (unpaired) electrons. The highest BCUT2D eigenvalue weighted by molar-refractivity contribution is 6.34. The minimum Gasteiger partial charge on any atom is -0.396 e. The van der Waals surface area contributed by atoms with Crippen molar-refractivity contribution in [1.82, 2.24) is 4.90 Å². The molecule has 4 heterocycles. The summed E-state index contributed by atoms with van der Waals surface area (Å²) in [7, 11) is 0. The number of nitrogens with zero attached hydrogens (tertiary/aromatic N) is 3. The molecule has 40 heavy (non-hydrogen) atoms. The Balaban J connectivity index is 1.47. The van der Waals surface area contributed by atoms with Crippen LogP contribution in [0.1, 0.15) is 19.8 Å². The number of hydrogen-bond donors (Lipinski definition) is 1. The molecule has 6 rings (SSSR count). The fourth-order valence-electron chi connectivity index (χ4n) is 6.88. The molecule has 1 unspecified atom stereocenters. The van der Waals surface area contributed by atoms with Gasteiger partial charge < -0.3 is 24.5 Å². The van der Waals surface area contributed by atoms with E-state index >= 15 is 0 Å². The van der Waals surface area contributed by atoms with Gasteiger partial charge in [-0.2, -0.15) is 0 Å². The van der Waals surface area contributed by atoms with Crippen LogP contribution in [0.4, 0.5) is 11.4 Å². The first kappa shape index (κ1) is 26.7. The maximum absolute atomic E-state index is 14.4. The van der Waals surface area contributed by atoms with E-state index in [9.17, 15) is 19.5 Å². The number of aliphatic hydroxyl groups is 1. The molecule has 3 amide bonds. The van der Waals surface area contributed by atoms with Gasteiger partial charge in [0.25, 0.3) is 5.91 Å². The van der Waals surface area contributed by atoms with Gasteiger partial charge >= 0.3 is 0 Å². The number of carbonyl (C=O) groups excluding carboxylic acids is 3. The van der Waals surface area contributed by atoms with Crippen LogP contribution in [0.2, 0.25) is 5.02 Å². The van der Waals surface area contributed by atoms with Gasteiger partial charge in [0.2, 0.25) is 11.8 Å². The van der Waals surface area contributed by atoms with E-state index in [-0.39, 0.29) is 37.4 Å². The predicted octanol–water partition coefficient (Wildman–Crippen LogP) is 3.59. The molecule has 5 atom stereocenters. The molecule has 4 aliphatic rings. The van der Waals surface area contributed by atoms with E-state index in [1.165, 1.54) is 0 Å². The number of halogens is 1. The van der Waals surface area contributed by atoms with Crippen LogP contribution in [0.3, 0.4) is 0 Å². The number of anilines is 2. The fourth-order valence-corrected chi connectivity index (χ4v) is 7.12. The molecule has 9 heteroatoms. The zero-order valence-electron chi connectivity index (χ0n) is 22.3. The normalized spacial score (nSPS) is 31.2. The molecule has 8 nitrogen and oxygen atoms in total. The van der Waals surface area contributed by atoms with E-state index < -0.39 is 29.1 Å². The Kier molecular flexibility index (Phi) is 6.81. The van der Waals surface area contributed by atoms with Crippen molar-refractivity contribution < 1.29 is 24.2 Å². The van der Waals surface area contributed by atoms with E-state index in [0.717, 1.165) is 5.69 Å². The smallest absolute Gasteiger partial charge is 0.253 e. The van der Waals surface area contributed by atoms with Gasteiger partial charge in [0.05, 0.1) is 28.1 Å². The second-order valence-electron chi connectivity index (χ2n) is 10.9. The van der Waals surface area contributed by atoms with Crippen LogP contribution in [0.25, 0.3) is 0 Å². The van der Waals surface area contributed by atoms with Gasteiger partial charge in [0, 0.05) is 31.9 Å². The van der Waals surface area contributed by atoms with Crippen LogP contribution in [0.5, 0.6) is 0 Å². The number of benzene rings is 2. The molecule has 208 valence electrons. The minimum atomic E-state index is -1.34. The van der Waals surface area contributed by atoms with Gasteiger partial charge in [-0.3, -0.25) is 14.4 Å². The summed E-state index contributed by atoms with van der Waals surface area (Å²) in [4.78, 5) is 48.0. The number of likely N-dealkylation sites (tertiary alicyclic amines) is 1. The quantitative estimate of drug-likeness (QED) is 0.430. The van der Waals surface area contributed by atoms with E-state index in [2.05, 4.69) is 0 Å². The third-order valence-electron chi connectivity index (χ3n) is 8.58. The standard InChI is InChI=1S/C31H32ClN3O5/c1-30-15-9-18-33(21-11-3-2-4-12-21)27(37)24(30)25-28(38)35(17-7-8-20-36)26-29(39)34(19-10-16-31(25,26)40-30)23-14-6-5-13-22(23)32/h2-6,9-16,24-26,36H,7-8,17-20H2,1H3/t24-,25-,26?,30+,31-/m0/s1. The Bertz CT molecular complexity index is 1400. The van der Waals surface area contributed by atoms with Gasteiger partial charge in [-0.15, -0.1) is 0 Å². The summed E-state index contributed by atoms with van der Waals surface area (Å²) in [6, 6.07) is 15.5. The number of ether oxygens (including phenoxy) is 1. The maximum atomic E-state index is 14.4. The zero-order valence-corrected chi connectivity index (χ0v) is 23.0. The number of hydrogen-bond acceptors (Lipinski definition) is 5. The number of aliphatic hydroxyl groups excluding tert-OH is 1. The first-order valence-corrected chi connectivity index (χ1v) is 14.1. The van der Waals surface area contributed by atoms with Crippen LogP contribution in [-0.2, 0) is 19.1 Å². The third kappa shape index (κ3) is 4.00. The fraction of sp³-hybridized carbons (Fsp3) is 0.387. The predicted molar refractivity (Wildman–Crippen MR) is 152 cm³/mol. The van der Waals surface area contributed by atoms with Gasteiger partial charge in [-0.25, -0.2) is 0 Å². The summed E-state index contributed by atoms with van der Waals surface area (Å²) in [5.74, 6) is -2.54. The van der Waals surface area contributed by atoms with E-state index in [1.54, 1.807) is 32.9 Å².